The average molecular weight is 236 g/mol. The van der Waals surface area contributed by atoms with E-state index in [4.69, 9.17) is 14.6 Å². The van der Waals surface area contributed by atoms with Crippen LogP contribution in [0.25, 0.3) is 0 Å². The first-order valence-electron chi connectivity index (χ1n) is 5.70. The maximum absolute atomic E-state index is 11.1. The molecule has 4 heteroatoms. The van der Waals surface area contributed by atoms with Gasteiger partial charge in [-0.25, -0.2) is 0 Å². The largest absolute Gasteiger partial charge is 0.493 e. The van der Waals surface area contributed by atoms with E-state index in [0.29, 0.717) is 17.1 Å². The Kier molecular flexibility index (Phi) is 3.22. The Labute approximate surface area is 100 Å². The summed E-state index contributed by atoms with van der Waals surface area (Å²) in [6.45, 7) is 1.65. The van der Waals surface area contributed by atoms with Gasteiger partial charge in [0.25, 0.3) is 0 Å². The first-order chi connectivity index (χ1) is 8.13. The lowest BCUT2D eigenvalue weighted by atomic mass is 10.00. The summed E-state index contributed by atoms with van der Waals surface area (Å²) in [5, 5.41) is 9.08. The van der Waals surface area contributed by atoms with E-state index in [-0.39, 0.29) is 6.10 Å². The second-order valence-corrected chi connectivity index (χ2v) is 4.26. The van der Waals surface area contributed by atoms with Gasteiger partial charge in [0, 0.05) is 5.56 Å². The van der Waals surface area contributed by atoms with E-state index in [9.17, 15) is 4.79 Å². The van der Waals surface area contributed by atoms with E-state index < -0.39 is 11.9 Å². The lowest BCUT2D eigenvalue weighted by Gasteiger charge is -2.16. The highest BCUT2D eigenvalue weighted by Crippen LogP contribution is 2.39. The zero-order chi connectivity index (χ0) is 12.4. The lowest BCUT2D eigenvalue weighted by Crippen LogP contribution is -2.11. The quantitative estimate of drug-likeness (QED) is 0.853. The van der Waals surface area contributed by atoms with E-state index in [1.807, 2.05) is 0 Å². The van der Waals surface area contributed by atoms with Gasteiger partial charge in [-0.2, -0.15) is 0 Å². The molecule has 0 saturated heterocycles. The Morgan fingerprint density at radius 1 is 1.47 bits per heavy atom. The van der Waals surface area contributed by atoms with E-state index in [1.54, 1.807) is 32.2 Å². The molecule has 1 unspecified atom stereocenters. The van der Waals surface area contributed by atoms with Crippen molar-refractivity contribution in [2.75, 3.05) is 7.11 Å². The molecule has 1 aliphatic carbocycles. The van der Waals surface area contributed by atoms with Gasteiger partial charge in [-0.05, 0) is 25.8 Å². The minimum Gasteiger partial charge on any atom is -0.493 e. The molecule has 1 fully saturated rings. The van der Waals surface area contributed by atoms with Gasteiger partial charge < -0.3 is 14.6 Å². The molecule has 17 heavy (non-hydrogen) atoms. The third-order valence-electron chi connectivity index (χ3n) is 2.88. The Morgan fingerprint density at radius 2 is 2.18 bits per heavy atom. The summed E-state index contributed by atoms with van der Waals surface area (Å²) in [6, 6.07) is 5.35. The van der Waals surface area contributed by atoms with Crippen molar-refractivity contribution in [2.45, 2.75) is 31.8 Å². The van der Waals surface area contributed by atoms with E-state index in [2.05, 4.69) is 0 Å². The van der Waals surface area contributed by atoms with Gasteiger partial charge in [0.2, 0.25) is 0 Å². The van der Waals surface area contributed by atoms with E-state index in [1.165, 1.54) is 0 Å². The van der Waals surface area contributed by atoms with Crippen LogP contribution in [-0.4, -0.2) is 24.3 Å². The molecule has 0 radical (unpaired) electrons. The molecule has 0 amide bonds. The Morgan fingerprint density at radius 3 is 2.71 bits per heavy atom. The standard InChI is InChI=1S/C13H16O4/c1-8(13(14)15)10-4-3-5-11(16-2)12(10)17-9-6-7-9/h3-5,8-9H,6-7H2,1-2H3,(H,14,15). The molecule has 0 aromatic heterocycles. The van der Waals surface area contributed by atoms with Crippen LogP contribution in [0, 0.1) is 0 Å². The molecular weight excluding hydrogens is 220 g/mol. The second-order valence-electron chi connectivity index (χ2n) is 4.26. The van der Waals surface area contributed by atoms with Crippen LogP contribution in [0.4, 0.5) is 0 Å². The summed E-state index contributed by atoms with van der Waals surface area (Å²) in [5.74, 6) is -0.285. The molecule has 1 N–H and O–H groups in total. The molecule has 1 atom stereocenters. The van der Waals surface area contributed by atoms with Gasteiger partial charge in [0.05, 0.1) is 19.1 Å². The summed E-state index contributed by atoms with van der Waals surface area (Å²) in [4.78, 5) is 11.1. The van der Waals surface area contributed by atoms with Gasteiger partial charge in [-0.15, -0.1) is 0 Å². The highest BCUT2D eigenvalue weighted by Gasteiger charge is 2.28. The van der Waals surface area contributed by atoms with Crippen molar-refractivity contribution in [1.29, 1.82) is 0 Å². The first kappa shape index (κ1) is 11.8. The number of methoxy groups -OCH3 is 1. The van der Waals surface area contributed by atoms with Crippen LogP contribution in [-0.2, 0) is 4.79 Å². The highest BCUT2D eigenvalue weighted by molar-refractivity contribution is 5.77. The number of benzene rings is 1. The number of rotatable bonds is 5. The van der Waals surface area contributed by atoms with Gasteiger partial charge in [0.1, 0.15) is 0 Å². The van der Waals surface area contributed by atoms with Crippen LogP contribution in [0.15, 0.2) is 18.2 Å². The molecular formula is C13H16O4. The lowest BCUT2D eigenvalue weighted by molar-refractivity contribution is -0.138. The molecule has 1 aliphatic rings. The highest BCUT2D eigenvalue weighted by atomic mass is 16.5. The SMILES string of the molecule is COc1cccc(C(C)C(=O)O)c1OC1CC1. The summed E-state index contributed by atoms with van der Waals surface area (Å²) in [6.07, 6.45) is 2.27. The van der Waals surface area contributed by atoms with Gasteiger partial charge in [-0.1, -0.05) is 12.1 Å². The smallest absolute Gasteiger partial charge is 0.310 e. The number of carboxylic acid groups (broad SMARTS) is 1. The number of ether oxygens (including phenoxy) is 2. The Hall–Kier alpha value is -1.71. The van der Waals surface area contributed by atoms with Crippen LogP contribution in [0.5, 0.6) is 11.5 Å². The molecule has 4 nitrogen and oxygen atoms in total. The fourth-order valence-electron chi connectivity index (χ4n) is 1.65. The molecule has 0 heterocycles. The van der Waals surface area contributed by atoms with E-state index in [0.717, 1.165) is 12.8 Å². The van der Waals surface area contributed by atoms with Crippen molar-refractivity contribution in [1.82, 2.24) is 0 Å². The summed E-state index contributed by atoms with van der Waals surface area (Å²) in [5.41, 5.74) is 0.670. The minimum atomic E-state index is -0.862. The van der Waals surface area contributed by atoms with Crippen LogP contribution in [0.3, 0.4) is 0 Å². The van der Waals surface area contributed by atoms with E-state index >= 15 is 0 Å². The predicted octanol–water partition coefficient (Wildman–Crippen LogP) is 2.42. The number of para-hydroxylation sites is 1. The zero-order valence-corrected chi connectivity index (χ0v) is 9.97. The molecule has 92 valence electrons. The van der Waals surface area contributed by atoms with Crippen LogP contribution in [0.2, 0.25) is 0 Å². The predicted molar refractivity (Wildman–Crippen MR) is 62.7 cm³/mol. The Bertz CT molecular complexity index is 423. The van der Waals surface area contributed by atoms with Gasteiger partial charge in [0.15, 0.2) is 11.5 Å². The summed E-state index contributed by atoms with van der Waals surface area (Å²) in [7, 11) is 1.56. The fourth-order valence-corrected chi connectivity index (χ4v) is 1.65. The molecule has 2 rings (SSSR count). The van der Waals surface area contributed by atoms with Crippen molar-refractivity contribution < 1.29 is 19.4 Å². The molecule has 0 bridgehead atoms. The number of aliphatic carboxylic acids is 1. The van der Waals surface area contributed by atoms with Gasteiger partial charge >= 0.3 is 5.97 Å². The van der Waals surface area contributed by atoms with Crippen molar-refractivity contribution in [3.8, 4) is 11.5 Å². The topological polar surface area (TPSA) is 55.8 Å². The Balaban J connectivity index is 2.37. The number of carbonyl (C=O) groups is 1. The van der Waals surface area contributed by atoms with Crippen molar-refractivity contribution in [2.24, 2.45) is 0 Å². The van der Waals surface area contributed by atoms with Crippen LogP contribution >= 0.6 is 0 Å². The average Bonchev–Trinajstić information content (AvgIpc) is 3.12. The third-order valence-corrected chi connectivity index (χ3v) is 2.88. The van der Waals surface area contributed by atoms with Crippen LogP contribution in [0.1, 0.15) is 31.2 Å². The molecule has 0 aliphatic heterocycles. The number of hydrogen-bond donors (Lipinski definition) is 1. The maximum Gasteiger partial charge on any atom is 0.310 e. The number of hydrogen-bond acceptors (Lipinski definition) is 3. The summed E-state index contributed by atoms with van der Waals surface area (Å²) >= 11 is 0. The third kappa shape index (κ3) is 2.52. The summed E-state index contributed by atoms with van der Waals surface area (Å²) < 4.78 is 11.0. The molecule has 1 aromatic carbocycles. The minimum absolute atomic E-state index is 0.214. The number of carboxylic acids is 1. The zero-order valence-electron chi connectivity index (χ0n) is 9.97. The van der Waals surface area contributed by atoms with Gasteiger partial charge in [-0.3, -0.25) is 4.79 Å². The van der Waals surface area contributed by atoms with Crippen molar-refractivity contribution in [3.05, 3.63) is 23.8 Å². The first-order valence-corrected chi connectivity index (χ1v) is 5.70. The van der Waals surface area contributed by atoms with Crippen LogP contribution < -0.4 is 9.47 Å². The fraction of sp³-hybridized carbons (Fsp3) is 0.462. The molecule has 0 spiro atoms. The normalized spacial score (nSPS) is 16.4. The van der Waals surface area contributed by atoms with Crippen molar-refractivity contribution >= 4 is 5.97 Å². The second kappa shape index (κ2) is 4.65. The molecule has 1 aromatic rings. The maximum atomic E-state index is 11.1. The van der Waals surface area contributed by atoms with Crippen molar-refractivity contribution in [3.63, 3.8) is 0 Å². The monoisotopic (exact) mass is 236 g/mol. The molecule has 1 saturated carbocycles.